The number of carboxylic acid groups (broad SMARTS) is 1. The molecule has 0 radical (unpaired) electrons. The standard InChI is InChI=1S/C10H18N2O4/c1-3-4-12(7-10(14)15)9(13)5-8(6-11)16-2/h3,8H,1,4-7,11H2,2H3,(H,14,15). The number of hydrogen-bond donors (Lipinski definition) is 2. The summed E-state index contributed by atoms with van der Waals surface area (Å²) in [5, 5.41) is 8.62. The maximum Gasteiger partial charge on any atom is 0.323 e. The van der Waals surface area contributed by atoms with Crippen LogP contribution in [0.2, 0.25) is 0 Å². The Morgan fingerprint density at radius 2 is 2.25 bits per heavy atom. The zero-order chi connectivity index (χ0) is 12.6. The van der Waals surface area contributed by atoms with Crippen LogP contribution in [0.4, 0.5) is 0 Å². The van der Waals surface area contributed by atoms with E-state index in [-0.39, 0.29) is 38.1 Å². The molecule has 0 aliphatic carbocycles. The first-order valence-corrected chi connectivity index (χ1v) is 4.88. The molecule has 16 heavy (non-hydrogen) atoms. The van der Waals surface area contributed by atoms with E-state index in [1.807, 2.05) is 0 Å². The van der Waals surface area contributed by atoms with E-state index in [0.717, 1.165) is 0 Å². The van der Waals surface area contributed by atoms with E-state index in [1.54, 1.807) is 0 Å². The maximum absolute atomic E-state index is 11.7. The molecule has 1 atom stereocenters. The highest BCUT2D eigenvalue weighted by atomic mass is 16.5. The van der Waals surface area contributed by atoms with Crippen LogP contribution in [0.25, 0.3) is 0 Å². The van der Waals surface area contributed by atoms with Crippen LogP contribution in [0.3, 0.4) is 0 Å². The molecule has 0 spiro atoms. The highest BCUT2D eigenvalue weighted by Gasteiger charge is 2.19. The number of methoxy groups -OCH3 is 1. The zero-order valence-electron chi connectivity index (χ0n) is 9.39. The van der Waals surface area contributed by atoms with Gasteiger partial charge in [-0.25, -0.2) is 0 Å². The molecular weight excluding hydrogens is 212 g/mol. The highest BCUT2D eigenvalue weighted by molar-refractivity contribution is 5.81. The van der Waals surface area contributed by atoms with Crippen LogP contribution in [0.15, 0.2) is 12.7 Å². The molecule has 0 fully saturated rings. The molecule has 1 unspecified atom stereocenters. The third-order valence-corrected chi connectivity index (χ3v) is 2.03. The van der Waals surface area contributed by atoms with Crippen LogP contribution in [0.5, 0.6) is 0 Å². The molecule has 0 aliphatic rings. The fraction of sp³-hybridized carbons (Fsp3) is 0.600. The zero-order valence-corrected chi connectivity index (χ0v) is 9.39. The second kappa shape index (κ2) is 7.84. The fourth-order valence-corrected chi connectivity index (χ4v) is 1.16. The number of ether oxygens (including phenoxy) is 1. The van der Waals surface area contributed by atoms with Crippen molar-refractivity contribution in [1.82, 2.24) is 4.90 Å². The van der Waals surface area contributed by atoms with Gasteiger partial charge in [-0.2, -0.15) is 0 Å². The number of carbonyl (C=O) groups excluding carboxylic acids is 1. The lowest BCUT2D eigenvalue weighted by atomic mass is 10.2. The van der Waals surface area contributed by atoms with E-state index in [9.17, 15) is 9.59 Å². The van der Waals surface area contributed by atoms with Crippen molar-refractivity contribution in [2.75, 3.05) is 26.7 Å². The van der Waals surface area contributed by atoms with Gasteiger partial charge in [0.15, 0.2) is 0 Å². The Balaban J connectivity index is 4.35. The SMILES string of the molecule is C=CCN(CC(=O)O)C(=O)CC(CN)OC. The molecule has 0 aromatic carbocycles. The van der Waals surface area contributed by atoms with Crippen molar-refractivity contribution in [3.05, 3.63) is 12.7 Å². The van der Waals surface area contributed by atoms with Gasteiger partial charge in [0, 0.05) is 20.2 Å². The second-order valence-electron chi connectivity index (χ2n) is 3.25. The Kier molecular flexibility index (Phi) is 7.15. The van der Waals surface area contributed by atoms with Crippen molar-refractivity contribution in [3.63, 3.8) is 0 Å². The quantitative estimate of drug-likeness (QED) is 0.546. The van der Waals surface area contributed by atoms with Crippen LogP contribution in [-0.2, 0) is 14.3 Å². The summed E-state index contributed by atoms with van der Waals surface area (Å²) >= 11 is 0. The topological polar surface area (TPSA) is 92.9 Å². The summed E-state index contributed by atoms with van der Waals surface area (Å²) in [7, 11) is 1.46. The molecule has 0 heterocycles. The second-order valence-corrected chi connectivity index (χ2v) is 3.25. The van der Waals surface area contributed by atoms with Crippen molar-refractivity contribution in [2.45, 2.75) is 12.5 Å². The number of nitrogens with two attached hydrogens (primary N) is 1. The number of nitrogens with zero attached hydrogens (tertiary/aromatic N) is 1. The third-order valence-electron chi connectivity index (χ3n) is 2.03. The van der Waals surface area contributed by atoms with Crippen LogP contribution in [-0.4, -0.2) is 54.7 Å². The Morgan fingerprint density at radius 1 is 1.62 bits per heavy atom. The largest absolute Gasteiger partial charge is 0.480 e. The Labute approximate surface area is 94.7 Å². The maximum atomic E-state index is 11.7. The fourth-order valence-electron chi connectivity index (χ4n) is 1.16. The third kappa shape index (κ3) is 5.47. The van der Waals surface area contributed by atoms with E-state index in [2.05, 4.69) is 6.58 Å². The van der Waals surface area contributed by atoms with Crippen molar-refractivity contribution in [2.24, 2.45) is 5.73 Å². The first kappa shape index (κ1) is 14.6. The van der Waals surface area contributed by atoms with Gasteiger partial charge >= 0.3 is 5.97 Å². The summed E-state index contributed by atoms with van der Waals surface area (Å²) in [6, 6.07) is 0. The molecule has 3 N–H and O–H groups in total. The average molecular weight is 230 g/mol. The molecule has 0 rings (SSSR count). The van der Waals surface area contributed by atoms with Gasteiger partial charge in [-0.1, -0.05) is 6.08 Å². The number of rotatable bonds is 8. The summed E-state index contributed by atoms with van der Waals surface area (Å²) in [6.07, 6.45) is 1.17. The van der Waals surface area contributed by atoms with Crippen molar-refractivity contribution >= 4 is 11.9 Å². The number of carboxylic acids is 1. The summed E-state index contributed by atoms with van der Waals surface area (Å²) in [6.45, 7) is 3.55. The highest BCUT2D eigenvalue weighted by Crippen LogP contribution is 2.01. The minimum atomic E-state index is -1.06. The molecular formula is C10H18N2O4. The van der Waals surface area contributed by atoms with Crippen molar-refractivity contribution < 1.29 is 19.4 Å². The van der Waals surface area contributed by atoms with Gasteiger partial charge in [0.25, 0.3) is 0 Å². The van der Waals surface area contributed by atoms with Gasteiger partial charge < -0.3 is 20.5 Å². The Hall–Kier alpha value is -1.40. The van der Waals surface area contributed by atoms with Crippen molar-refractivity contribution in [3.8, 4) is 0 Å². The van der Waals surface area contributed by atoms with Gasteiger partial charge in [0.2, 0.25) is 5.91 Å². The number of carbonyl (C=O) groups is 2. The van der Waals surface area contributed by atoms with Crippen LogP contribution in [0, 0.1) is 0 Å². The normalized spacial score (nSPS) is 11.9. The molecule has 0 bridgehead atoms. The van der Waals surface area contributed by atoms with Gasteiger partial charge in [-0.3, -0.25) is 9.59 Å². The predicted octanol–water partition coefficient (Wildman–Crippen LogP) is -0.551. The van der Waals surface area contributed by atoms with Crippen molar-refractivity contribution in [1.29, 1.82) is 0 Å². The monoisotopic (exact) mass is 230 g/mol. The molecule has 0 saturated carbocycles. The summed E-state index contributed by atoms with van der Waals surface area (Å²) < 4.78 is 4.96. The molecule has 92 valence electrons. The lowest BCUT2D eigenvalue weighted by Gasteiger charge is -2.21. The van der Waals surface area contributed by atoms with Gasteiger partial charge in [0.05, 0.1) is 12.5 Å². The van der Waals surface area contributed by atoms with Gasteiger partial charge in [0.1, 0.15) is 6.54 Å². The number of amides is 1. The number of hydrogen-bond acceptors (Lipinski definition) is 4. The van der Waals surface area contributed by atoms with E-state index in [0.29, 0.717) is 0 Å². The Bertz CT molecular complexity index is 251. The minimum Gasteiger partial charge on any atom is -0.480 e. The van der Waals surface area contributed by atoms with Crippen LogP contribution < -0.4 is 5.73 Å². The molecule has 6 nitrogen and oxygen atoms in total. The molecule has 6 heteroatoms. The molecule has 1 amide bonds. The van der Waals surface area contributed by atoms with Crippen LogP contribution >= 0.6 is 0 Å². The summed E-state index contributed by atoms with van der Waals surface area (Å²) in [4.78, 5) is 23.4. The lowest BCUT2D eigenvalue weighted by molar-refractivity contribution is -0.145. The molecule has 0 aromatic heterocycles. The predicted molar refractivity (Wildman–Crippen MR) is 58.9 cm³/mol. The van der Waals surface area contributed by atoms with Gasteiger partial charge in [-0.15, -0.1) is 6.58 Å². The average Bonchev–Trinajstić information content (AvgIpc) is 2.24. The first-order chi connectivity index (χ1) is 7.54. The molecule has 0 aliphatic heterocycles. The minimum absolute atomic E-state index is 0.0775. The van der Waals surface area contributed by atoms with E-state index in [4.69, 9.17) is 15.6 Å². The van der Waals surface area contributed by atoms with E-state index >= 15 is 0 Å². The molecule has 0 aromatic rings. The summed E-state index contributed by atoms with van der Waals surface area (Å²) in [5.41, 5.74) is 5.37. The summed E-state index contributed by atoms with van der Waals surface area (Å²) in [5.74, 6) is -1.36. The molecule has 0 saturated heterocycles. The first-order valence-electron chi connectivity index (χ1n) is 4.88. The van der Waals surface area contributed by atoms with E-state index in [1.165, 1.54) is 18.1 Å². The van der Waals surface area contributed by atoms with Gasteiger partial charge in [-0.05, 0) is 0 Å². The smallest absolute Gasteiger partial charge is 0.323 e. The Morgan fingerprint density at radius 3 is 2.62 bits per heavy atom. The lowest BCUT2D eigenvalue weighted by Crippen LogP contribution is -2.39. The van der Waals surface area contributed by atoms with E-state index < -0.39 is 5.97 Å². The number of aliphatic carboxylic acids is 1. The van der Waals surface area contributed by atoms with Crippen LogP contribution in [0.1, 0.15) is 6.42 Å².